The molecule has 0 fully saturated rings. The fourth-order valence-electron chi connectivity index (χ4n) is 2.32. The summed E-state index contributed by atoms with van der Waals surface area (Å²) in [7, 11) is 0. The Labute approximate surface area is 131 Å². The summed E-state index contributed by atoms with van der Waals surface area (Å²) in [5.41, 5.74) is 6.94. The molecule has 23 heavy (non-hydrogen) atoms. The SMILES string of the molecule is CC(C)Oc1nc(N)nc2ccc(-c3cccc(F)c3F)cc12. The highest BCUT2D eigenvalue weighted by Gasteiger charge is 2.14. The molecule has 1 aromatic heterocycles. The number of hydrogen-bond acceptors (Lipinski definition) is 4. The van der Waals surface area contributed by atoms with Crippen molar-refractivity contribution in [3.05, 3.63) is 48.0 Å². The van der Waals surface area contributed by atoms with E-state index in [4.69, 9.17) is 10.5 Å². The maximum atomic E-state index is 14.0. The molecule has 4 nitrogen and oxygen atoms in total. The van der Waals surface area contributed by atoms with Crippen LogP contribution in [-0.2, 0) is 0 Å². The van der Waals surface area contributed by atoms with Crippen LogP contribution in [0.25, 0.3) is 22.0 Å². The van der Waals surface area contributed by atoms with Gasteiger partial charge in [-0.05, 0) is 37.6 Å². The second-order valence-electron chi connectivity index (χ2n) is 5.39. The highest BCUT2D eigenvalue weighted by molar-refractivity contribution is 5.89. The fraction of sp³-hybridized carbons (Fsp3) is 0.176. The van der Waals surface area contributed by atoms with Gasteiger partial charge in [-0.2, -0.15) is 4.98 Å². The largest absolute Gasteiger partial charge is 0.474 e. The number of nitrogens with zero attached hydrogens (tertiary/aromatic N) is 2. The van der Waals surface area contributed by atoms with Gasteiger partial charge in [0.2, 0.25) is 11.8 Å². The van der Waals surface area contributed by atoms with Crippen LogP contribution in [-0.4, -0.2) is 16.1 Å². The quantitative estimate of drug-likeness (QED) is 0.795. The maximum Gasteiger partial charge on any atom is 0.226 e. The van der Waals surface area contributed by atoms with E-state index in [1.54, 1.807) is 18.2 Å². The summed E-state index contributed by atoms with van der Waals surface area (Å²) in [6, 6.07) is 9.07. The highest BCUT2D eigenvalue weighted by atomic mass is 19.2. The minimum atomic E-state index is -0.894. The van der Waals surface area contributed by atoms with Crippen LogP contribution in [0.5, 0.6) is 5.88 Å². The Morgan fingerprint density at radius 1 is 1.09 bits per heavy atom. The molecule has 0 atom stereocenters. The summed E-state index contributed by atoms with van der Waals surface area (Å²) in [6.07, 6.45) is -0.109. The van der Waals surface area contributed by atoms with Gasteiger partial charge in [-0.3, -0.25) is 0 Å². The van der Waals surface area contributed by atoms with Gasteiger partial charge in [0.15, 0.2) is 11.6 Å². The number of fused-ring (bicyclic) bond motifs is 1. The first-order chi connectivity index (χ1) is 11.0. The van der Waals surface area contributed by atoms with Crippen LogP contribution in [0.2, 0.25) is 0 Å². The Balaban J connectivity index is 2.21. The number of aromatic nitrogens is 2. The van der Waals surface area contributed by atoms with E-state index in [1.807, 2.05) is 13.8 Å². The van der Waals surface area contributed by atoms with Gasteiger partial charge < -0.3 is 10.5 Å². The lowest BCUT2D eigenvalue weighted by molar-refractivity contribution is 0.236. The van der Waals surface area contributed by atoms with Crippen LogP contribution >= 0.6 is 0 Å². The Kier molecular flexibility index (Phi) is 3.82. The minimum absolute atomic E-state index is 0.0952. The lowest BCUT2D eigenvalue weighted by Crippen LogP contribution is -2.09. The molecule has 0 aliphatic heterocycles. The molecule has 0 aliphatic carbocycles. The second-order valence-corrected chi connectivity index (χ2v) is 5.39. The summed E-state index contributed by atoms with van der Waals surface area (Å²) in [5, 5.41) is 0.592. The molecule has 118 valence electrons. The van der Waals surface area contributed by atoms with Crippen molar-refractivity contribution in [3.63, 3.8) is 0 Å². The number of benzene rings is 2. The zero-order valence-electron chi connectivity index (χ0n) is 12.7. The number of nitrogen functional groups attached to an aromatic ring is 1. The number of nitrogens with two attached hydrogens (primary N) is 1. The van der Waals surface area contributed by atoms with E-state index in [9.17, 15) is 8.78 Å². The Morgan fingerprint density at radius 2 is 1.87 bits per heavy atom. The number of anilines is 1. The summed E-state index contributed by atoms with van der Waals surface area (Å²) >= 11 is 0. The van der Waals surface area contributed by atoms with E-state index in [1.165, 1.54) is 12.1 Å². The molecule has 1 heterocycles. The van der Waals surface area contributed by atoms with Gasteiger partial charge in [0.05, 0.1) is 17.0 Å². The van der Waals surface area contributed by atoms with Crippen molar-refractivity contribution in [1.29, 1.82) is 0 Å². The summed E-state index contributed by atoms with van der Waals surface area (Å²) in [5.74, 6) is -1.37. The molecule has 0 amide bonds. The third-order valence-corrected chi connectivity index (χ3v) is 3.29. The molecule has 0 radical (unpaired) electrons. The van der Waals surface area contributed by atoms with E-state index in [2.05, 4.69) is 9.97 Å². The maximum absolute atomic E-state index is 14.0. The normalized spacial score (nSPS) is 11.2. The van der Waals surface area contributed by atoms with E-state index in [0.717, 1.165) is 6.07 Å². The van der Waals surface area contributed by atoms with E-state index >= 15 is 0 Å². The molecule has 0 saturated heterocycles. The van der Waals surface area contributed by atoms with Crippen molar-refractivity contribution >= 4 is 16.9 Å². The predicted octanol–water partition coefficient (Wildman–Crippen LogP) is 3.94. The van der Waals surface area contributed by atoms with Crippen LogP contribution in [0.1, 0.15) is 13.8 Å². The van der Waals surface area contributed by atoms with Crippen molar-refractivity contribution in [1.82, 2.24) is 9.97 Å². The predicted molar refractivity (Wildman–Crippen MR) is 85.1 cm³/mol. The average molecular weight is 315 g/mol. The fourth-order valence-corrected chi connectivity index (χ4v) is 2.32. The van der Waals surface area contributed by atoms with E-state index in [-0.39, 0.29) is 17.6 Å². The van der Waals surface area contributed by atoms with E-state index in [0.29, 0.717) is 22.3 Å². The molecule has 2 N–H and O–H groups in total. The molecule has 3 rings (SSSR count). The molecule has 0 aliphatic rings. The van der Waals surface area contributed by atoms with Crippen molar-refractivity contribution in [2.24, 2.45) is 0 Å². The van der Waals surface area contributed by atoms with Crippen molar-refractivity contribution in [3.8, 4) is 17.0 Å². The van der Waals surface area contributed by atoms with Gasteiger partial charge in [-0.25, -0.2) is 13.8 Å². The molecule has 6 heteroatoms. The minimum Gasteiger partial charge on any atom is -0.474 e. The molecule has 0 saturated carbocycles. The molecule has 3 aromatic rings. The van der Waals surface area contributed by atoms with Crippen LogP contribution < -0.4 is 10.5 Å². The lowest BCUT2D eigenvalue weighted by atomic mass is 10.0. The van der Waals surface area contributed by atoms with Gasteiger partial charge in [0.1, 0.15) is 0 Å². The molecule has 0 spiro atoms. The first-order valence-electron chi connectivity index (χ1n) is 7.14. The monoisotopic (exact) mass is 315 g/mol. The van der Waals surface area contributed by atoms with Crippen LogP contribution in [0.15, 0.2) is 36.4 Å². The first-order valence-corrected chi connectivity index (χ1v) is 7.14. The van der Waals surface area contributed by atoms with Gasteiger partial charge in [-0.1, -0.05) is 18.2 Å². The molecule has 0 bridgehead atoms. The van der Waals surface area contributed by atoms with Crippen LogP contribution in [0, 0.1) is 11.6 Å². The zero-order valence-corrected chi connectivity index (χ0v) is 12.7. The number of ether oxygens (including phenoxy) is 1. The first kappa shape index (κ1) is 15.1. The summed E-state index contributed by atoms with van der Waals surface area (Å²) < 4.78 is 33.1. The number of halogens is 2. The van der Waals surface area contributed by atoms with E-state index < -0.39 is 11.6 Å². The smallest absolute Gasteiger partial charge is 0.226 e. The number of hydrogen-bond donors (Lipinski definition) is 1. The van der Waals surface area contributed by atoms with Gasteiger partial charge >= 0.3 is 0 Å². The van der Waals surface area contributed by atoms with Gasteiger partial charge in [0.25, 0.3) is 0 Å². The second kappa shape index (κ2) is 5.79. The Morgan fingerprint density at radius 3 is 2.61 bits per heavy atom. The number of rotatable bonds is 3. The van der Waals surface area contributed by atoms with Crippen LogP contribution in [0.3, 0.4) is 0 Å². The van der Waals surface area contributed by atoms with Crippen molar-refractivity contribution < 1.29 is 13.5 Å². The summed E-state index contributed by atoms with van der Waals surface area (Å²) in [6.45, 7) is 3.72. The Bertz CT molecular complexity index is 881. The van der Waals surface area contributed by atoms with Crippen molar-refractivity contribution in [2.45, 2.75) is 20.0 Å². The highest BCUT2D eigenvalue weighted by Crippen LogP contribution is 2.31. The topological polar surface area (TPSA) is 61.0 Å². The molecular weight excluding hydrogens is 300 g/mol. The standard InChI is InChI=1S/C17H15F2N3O/c1-9(2)23-16-12-8-10(6-7-14(12)21-17(20)22-16)11-4-3-5-13(18)15(11)19/h3-9H,1-2H3,(H2,20,21,22). The van der Waals surface area contributed by atoms with Crippen LogP contribution in [0.4, 0.5) is 14.7 Å². The molecule has 2 aromatic carbocycles. The Hall–Kier alpha value is -2.76. The third kappa shape index (κ3) is 2.92. The third-order valence-electron chi connectivity index (χ3n) is 3.29. The molecule has 0 unspecified atom stereocenters. The molecular formula is C17H15F2N3O. The lowest BCUT2D eigenvalue weighted by Gasteiger charge is -2.12. The van der Waals surface area contributed by atoms with Gasteiger partial charge in [-0.15, -0.1) is 0 Å². The van der Waals surface area contributed by atoms with Crippen molar-refractivity contribution in [2.75, 3.05) is 5.73 Å². The average Bonchev–Trinajstić information content (AvgIpc) is 2.49. The zero-order chi connectivity index (χ0) is 16.6. The van der Waals surface area contributed by atoms with Gasteiger partial charge in [0, 0.05) is 5.56 Å². The summed E-state index contributed by atoms with van der Waals surface area (Å²) in [4.78, 5) is 8.23.